The average Bonchev–Trinajstić information content (AvgIpc) is 3.19. The molecule has 6 aromatic rings. The quantitative estimate of drug-likeness (QED) is 0.0624. The van der Waals surface area contributed by atoms with Crippen LogP contribution in [0, 0.1) is 0 Å². The number of phenols is 1. The molecule has 0 unspecified atom stereocenters. The number of nitrogens with one attached hydrogen (secondary N) is 2. The number of phenolic OH excluding ortho intramolecular Hbond substituents is 1. The molecule has 1 aliphatic heterocycles. The molecule has 8 rings (SSSR count). The molecule has 2 aliphatic rings. The molecule has 0 spiro atoms. The van der Waals surface area contributed by atoms with Crippen LogP contribution in [0.25, 0.3) is 44.4 Å². The van der Waals surface area contributed by atoms with Gasteiger partial charge in [-0.1, -0.05) is 51.9 Å². The number of anilines is 2. The highest BCUT2D eigenvalue weighted by Gasteiger charge is 2.23. The topological polar surface area (TPSA) is 176 Å². The third kappa shape index (κ3) is 7.23. The summed E-state index contributed by atoms with van der Waals surface area (Å²) in [5, 5.41) is 27.4. The molecule has 2 heterocycles. The van der Waals surface area contributed by atoms with Crippen LogP contribution in [-0.4, -0.2) is 28.0 Å². The summed E-state index contributed by atoms with van der Waals surface area (Å²) in [4.78, 5) is 64.9. The molecule has 4 N–H and O–H groups in total. The summed E-state index contributed by atoms with van der Waals surface area (Å²) in [6.07, 6.45) is 0. The van der Waals surface area contributed by atoms with Gasteiger partial charge in [-0.15, -0.1) is 0 Å². The number of amides is 2. The second kappa shape index (κ2) is 15.0. The minimum absolute atomic E-state index is 0.0656. The van der Waals surface area contributed by atoms with Gasteiger partial charge >= 0.3 is 11.6 Å². The molecule has 1 aliphatic carbocycles. The van der Waals surface area contributed by atoms with Gasteiger partial charge in [0.2, 0.25) is 0 Å². The molecule has 5 aromatic carbocycles. The van der Waals surface area contributed by atoms with E-state index in [4.69, 9.17) is 8.83 Å². The first-order valence-electron chi connectivity index (χ1n) is 16.9. The Morgan fingerprint density at radius 3 is 1.91 bits per heavy atom. The zero-order valence-corrected chi connectivity index (χ0v) is 30.4. The second-order valence-corrected chi connectivity index (χ2v) is 14.7. The third-order valence-electron chi connectivity index (χ3n) is 8.82. The van der Waals surface area contributed by atoms with Crippen LogP contribution < -0.4 is 21.7 Å². The zero-order chi connectivity index (χ0) is 38.9. The average molecular weight is 779 g/mol. The van der Waals surface area contributed by atoms with Crippen LogP contribution >= 0.6 is 21.6 Å². The van der Waals surface area contributed by atoms with Gasteiger partial charge in [-0.3, -0.25) is 14.4 Å². The Morgan fingerprint density at radius 1 is 0.571 bits per heavy atom. The van der Waals surface area contributed by atoms with Gasteiger partial charge in [-0.2, -0.15) is 0 Å². The van der Waals surface area contributed by atoms with Gasteiger partial charge in [-0.05, 0) is 90.5 Å². The van der Waals surface area contributed by atoms with Gasteiger partial charge in [0.25, 0.3) is 11.8 Å². The van der Waals surface area contributed by atoms with Crippen molar-refractivity contribution in [3.8, 4) is 28.2 Å². The number of fused-ring (bicyclic) bond motifs is 3. The minimum atomic E-state index is -1.25. The van der Waals surface area contributed by atoms with Crippen molar-refractivity contribution in [3.63, 3.8) is 0 Å². The standard InChI is InChI=1S/C43H26N2O9S2/c46-26-12-15-29-35(21-26)53-36-22-27(47)13-16-30(36)40(29)28-14-10-25(20-33(28)43(51)52)45-42(50)32-6-2-4-8-38(32)56-55-37-7-3-1-5-31(37)41(49)44-24-11-17-34-23(19-24)9-18-39(48)54-34/h1-22,46H,(H,44,49)(H,45,50)(H,51,52). The van der Waals surface area contributed by atoms with Crippen molar-refractivity contribution in [1.82, 2.24) is 0 Å². The summed E-state index contributed by atoms with van der Waals surface area (Å²) in [5.41, 5.74) is 2.55. The van der Waals surface area contributed by atoms with E-state index in [-0.39, 0.29) is 39.7 Å². The van der Waals surface area contributed by atoms with Gasteiger partial charge in [0.15, 0.2) is 5.43 Å². The van der Waals surface area contributed by atoms with Crippen molar-refractivity contribution in [1.29, 1.82) is 0 Å². The fraction of sp³-hybridized carbons (Fsp3) is 0. The van der Waals surface area contributed by atoms with Crippen LogP contribution in [0.15, 0.2) is 162 Å². The second-order valence-electron chi connectivity index (χ2n) is 12.5. The van der Waals surface area contributed by atoms with Crippen molar-refractivity contribution in [2.75, 3.05) is 10.6 Å². The molecule has 274 valence electrons. The normalized spacial score (nSPS) is 11.1. The van der Waals surface area contributed by atoms with Gasteiger partial charge in [-0.25, -0.2) is 9.59 Å². The smallest absolute Gasteiger partial charge is 0.336 e. The zero-order valence-electron chi connectivity index (χ0n) is 28.8. The van der Waals surface area contributed by atoms with E-state index < -0.39 is 17.5 Å². The number of hydrogen-bond donors (Lipinski definition) is 4. The lowest BCUT2D eigenvalue weighted by Crippen LogP contribution is -2.14. The SMILES string of the molecule is O=C(Nc1ccc(-c2c3ccc(=O)cc-3oc3cc(O)ccc23)c(C(=O)O)c1)c1ccccc1SSc1ccccc1C(=O)Nc1ccc2oc(=O)ccc2c1. The summed E-state index contributed by atoms with van der Waals surface area (Å²) < 4.78 is 11.1. The van der Waals surface area contributed by atoms with Crippen molar-refractivity contribution in [3.05, 3.63) is 171 Å². The molecule has 2 amide bonds. The van der Waals surface area contributed by atoms with Crippen LogP contribution in [0.2, 0.25) is 0 Å². The number of carboxylic acid groups (broad SMARTS) is 1. The lowest BCUT2D eigenvalue weighted by Gasteiger charge is -2.17. The maximum absolute atomic E-state index is 13.8. The fourth-order valence-electron chi connectivity index (χ4n) is 6.26. The Bertz CT molecular complexity index is 2970. The number of hydrogen-bond acceptors (Lipinski definition) is 10. The monoisotopic (exact) mass is 778 g/mol. The van der Waals surface area contributed by atoms with E-state index in [2.05, 4.69) is 10.6 Å². The van der Waals surface area contributed by atoms with Crippen molar-refractivity contribution in [2.24, 2.45) is 0 Å². The molecule has 0 saturated carbocycles. The first-order valence-corrected chi connectivity index (χ1v) is 19.0. The third-order valence-corrected chi connectivity index (χ3v) is 11.3. The first-order chi connectivity index (χ1) is 27.1. The van der Waals surface area contributed by atoms with E-state index in [9.17, 15) is 34.2 Å². The molecule has 0 atom stereocenters. The lowest BCUT2D eigenvalue weighted by atomic mass is 9.90. The highest BCUT2D eigenvalue weighted by Crippen LogP contribution is 2.43. The van der Waals surface area contributed by atoms with Crippen LogP contribution in [0.5, 0.6) is 5.75 Å². The van der Waals surface area contributed by atoms with Gasteiger partial charge in [0, 0.05) is 61.3 Å². The predicted octanol–water partition coefficient (Wildman–Crippen LogP) is 9.38. The lowest BCUT2D eigenvalue weighted by molar-refractivity contribution is 0.0697. The summed E-state index contributed by atoms with van der Waals surface area (Å²) in [6.45, 7) is 0. The number of carbonyl (C=O) groups is 3. The van der Waals surface area contributed by atoms with Crippen molar-refractivity contribution < 1.29 is 33.4 Å². The van der Waals surface area contributed by atoms with Crippen LogP contribution in [0.3, 0.4) is 0 Å². The summed E-state index contributed by atoms with van der Waals surface area (Å²) in [7, 11) is 2.58. The number of rotatable bonds is 9. The Morgan fingerprint density at radius 2 is 1.21 bits per heavy atom. The maximum atomic E-state index is 13.8. The maximum Gasteiger partial charge on any atom is 0.336 e. The fourth-order valence-corrected chi connectivity index (χ4v) is 8.62. The molecule has 1 aromatic heterocycles. The van der Waals surface area contributed by atoms with E-state index in [0.29, 0.717) is 59.7 Å². The summed E-state index contributed by atoms with van der Waals surface area (Å²) in [6, 6.07) is 35.1. The molecule has 0 radical (unpaired) electrons. The molecule has 11 nitrogen and oxygen atoms in total. The summed E-state index contributed by atoms with van der Waals surface area (Å²) >= 11 is 0. The van der Waals surface area contributed by atoms with Crippen LogP contribution in [-0.2, 0) is 0 Å². The number of benzene rings is 6. The van der Waals surface area contributed by atoms with E-state index in [1.807, 2.05) is 0 Å². The minimum Gasteiger partial charge on any atom is -0.508 e. The van der Waals surface area contributed by atoms with E-state index in [1.54, 1.807) is 97.1 Å². The van der Waals surface area contributed by atoms with E-state index in [1.165, 1.54) is 58.0 Å². The predicted molar refractivity (Wildman–Crippen MR) is 216 cm³/mol. The number of aromatic hydroxyl groups is 1. The Balaban J connectivity index is 1.04. The Labute approximate surface area is 324 Å². The molecule has 0 fully saturated rings. The van der Waals surface area contributed by atoms with Gasteiger partial charge in [0.05, 0.1) is 16.7 Å². The first kappa shape index (κ1) is 35.9. The molecule has 0 saturated heterocycles. The van der Waals surface area contributed by atoms with Gasteiger partial charge in [0.1, 0.15) is 22.7 Å². The molecule has 13 heteroatoms. The van der Waals surface area contributed by atoms with Crippen molar-refractivity contribution >= 4 is 72.7 Å². The largest absolute Gasteiger partial charge is 0.508 e. The number of aromatic carboxylic acids is 1. The molecular formula is C43H26N2O9S2. The summed E-state index contributed by atoms with van der Waals surface area (Å²) in [5.74, 6) is -1.93. The van der Waals surface area contributed by atoms with Gasteiger partial charge < -0.3 is 29.7 Å². The van der Waals surface area contributed by atoms with E-state index in [0.717, 1.165) is 0 Å². The Hall–Kier alpha value is -7.09. The van der Waals surface area contributed by atoms with E-state index >= 15 is 0 Å². The highest BCUT2D eigenvalue weighted by atomic mass is 33.1. The van der Waals surface area contributed by atoms with Crippen LogP contribution in [0.4, 0.5) is 11.4 Å². The van der Waals surface area contributed by atoms with Crippen molar-refractivity contribution in [2.45, 2.75) is 9.79 Å². The Kier molecular flexibility index (Phi) is 9.60. The van der Waals surface area contributed by atoms with Crippen LogP contribution in [0.1, 0.15) is 31.1 Å². The molecule has 56 heavy (non-hydrogen) atoms. The highest BCUT2D eigenvalue weighted by molar-refractivity contribution is 8.76. The number of carboxylic acids is 1. The number of carbonyl (C=O) groups excluding carboxylic acids is 2. The molecular weight excluding hydrogens is 753 g/mol. The molecule has 0 bridgehead atoms.